The minimum Gasteiger partial charge on any atom is -0.491 e. The molecule has 3 aliphatic heterocycles. The molecule has 4 aromatic rings. The summed E-state index contributed by atoms with van der Waals surface area (Å²) < 4.78 is 26.2. The van der Waals surface area contributed by atoms with Crippen LogP contribution in [-0.2, 0) is 26.5 Å². The zero-order valence-electron chi connectivity index (χ0n) is 28.3. The predicted octanol–water partition coefficient (Wildman–Crippen LogP) is 6.68. The molecule has 0 N–H and O–H groups in total. The van der Waals surface area contributed by atoms with Crippen LogP contribution in [0.1, 0.15) is 19.4 Å². The van der Waals surface area contributed by atoms with Gasteiger partial charge in [0.1, 0.15) is 43.1 Å². The van der Waals surface area contributed by atoms with Crippen LogP contribution in [0.2, 0.25) is 10.0 Å². The SMILES string of the molecule is COC1CN(C(C)C)C(=Nc2cccc(N3CCN(c4ccc(OCC5COC(Cn6cncn6)(c6ccc(Cl)cc6Cl)O5)cc4)CC3)c2)S1. The summed E-state index contributed by atoms with van der Waals surface area (Å²) in [5.74, 6) is -0.386. The fourth-order valence-corrected chi connectivity index (χ4v) is 8.12. The first-order valence-corrected chi connectivity index (χ1v) is 18.4. The van der Waals surface area contributed by atoms with E-state index in [1.165, 1.54) is 17.7 Å². The first kappa shape index (κ1) is 34.9. The number of amidine groups is 1. The Balaban J connectivity index is 0.932. The molecule has 3 aromatic carbocycles. The molecule has 3 atom stereocenters. The first-order valence-electron chi connectivity index (χ1n) is 16.8. The van der Waals surface area contributed by atoms with Gasteiger partial charge in [0.05, 0.1) is 23.9 Å². The van der Waals surface area contributed by atoms with Gasteiger partial charge in [-0.3, -0.25) is 0 Å². The van der Waals surface area contributed by atoms with E-state index < -0.39 is 5.79 Å². The Kier molecular flexibility index (Phi) is 10.7. The second-order valence-electron chi connectivity index (χ2n) is 12.7. The maximum atomic E-state index is 6.60. The van der Waals surface area contributed by atoms with Crippen LogP contribution in [-0.4, -0.2) is 95.5 Å². The molecule has 4 heterocycles. The van der Waals surface area contributed by atoms with E-state index in [9.17, 15) is 0 Å². The van der Waals surface area contributed by atoms with Gasteiger partial charge in [-0.05, 0) is 68.4 Å². The Bertz CT molecular complexity index is 1770. The summed E-state index contributed by atoms with van der Waals surface area (Å²) in [7, 11) is 1.76. The highest BCUT2D eigenvalue weighted by atomic mass is 35.5. The smallest absolute Gasteiger partial charge is 0.217 e. The second kappa shape index (κ2) is 15.4. The molecule has 0 amide bonds. The lowest BCUT2D eigenvalue weighted by atomic mass is 10.1. The van der Waals surface area contributed by atoms with Crippen molar-refractivity contribution in [2.75, 3.05) is 62.8 Å². The standard InChI is InChI=1S/C36H41Cl2N7O4S/c1-25(2)45-19-34(46-3)50-35(45)41-27-5-4-6-29(18-27)43-15-13-42(14-16-43)28-8-10-30(11-9-28)47-20-31-21-48-36(49-31,22-44-24-39-23-40-44)32-12-7-26(37)17-33(32)38/h4-12,17-18,23-25,31,34H,13-16,19-22H2,1-3H3. The number of hydrogen-bond acceptors (Lipinski definition) is 10. The van der Waals surface area contributed by atoms with Crippen molar-refractivity contribution in [3.05, 3.63) is 95.0 Å². The number of aliphatic imine (C=N–C) groups is 1. The maximum absolute atomic E-state index is 6.60. The highest BCUT2D eigenvalue weighted by Crippen LogP contribution is 2.40. The molecule has 0 aliphatic carbocycles. The Morgan fingerprint density at radius 1 is 1.00 bits per heavy atom. The van der Waals surface area contributed by atoms with Crippen LogP contribution in [0.15, 0.2) is 84.4 Å². The summed E-state index contributed by atoms with van der Waals surface area (Å²) in [6, 6.07) is 22.4. The van der Waals surface area contributed by atoms with E-state index in [4.69, 9.17) is 47.1 Å². The molecular formula is C36H41Cl2N7O4S. The molecule has 0 bridgehead atoms. The molecular weight excluding hydrogens is 697 g/mol. The van der Waals surface area contributed by atoms with Crippen molar-refractivity contribution in [3.8, 4) is 5.75 Å². The number of benzene rings is 3. The van der Waals surface area contributed by atoms with Crippen LogP contribution in [0.4, 0.5) is 17.1 Å². The molecule has 3 unspecified atom stereocenters. The van der Waals surface area contributed by atoms with Gasteiger partial charge in [0.15, 0.2) is 5.17 Å². The molecule has 3 saturated heterocycles. The van der Waals surface area contributed by atoms with Crippen LogP contribution in [0.5, 0.6) is 5.75 Å². The third-order valence-corrected chi connectivity index (χ3v) is 10.8. The van der Waals surface area contributed by atoms with E-state index in [1.54, 1.807) is 42.0 Å². The third kappa shape index (κ3) is 7.85. The molecule has 1 aromatic heterocycles. The van der Waals surface area contributed by atoms with Crippen molar-refractivity contribution in [3.63, 3.8) is 0 Å². The molecule has 50 heavy (non-hydrogen) atoms. The van der Waals surface area contributed by atoms with Crippen LogP contribution in [0.25, 0.3) is 0 Å². The van der Waals surface area contributed by atoms with E-state index in [2.05, 4.69) is 75.0 Å². The molecule has 3 fully saturated rings. The number of hydrogen-bond donors (Lipinski definition) is 0. The minimum atomic E-state index is -1.15. The topological polar surface area (TPSA) is 89.7 Å². The lowest BCUT2D eigenvalue weighted by molar-refractivity contribution is -0.190. The summed E-state index contributed by atoms with van der Waals surface area (Å²) in [6.07, 6.45) is 2.77. The number of rotatable bonds is 11. The molecule has 0 radical (unpaired) electrons. The number of piperazine rings is 1. The van der Waals surface area contributed by atoms with E-state index in [0.29, 0.717) is 34.9 Å². The van der Waals surface area contributed by atoms with Gasteiger partial charge < -0.3 is 33.6 Å². The van der Waals surface area contributed by atoms with E-state index >= 15 is 0 Å². The normalized spacial score (nSPS) is 23.4. The van der Waals surface area contributed by atoms with Crippen molar-refractivity contribution in [2.24, 2.45) is 4.99 Å². The van der Waals surface area contributed by atoms with Gasteiger partial charge in [-0.25, -0.2) is 14.7 Å². The second-order valence-corrected chi connectivity index (χ2v) is 14.7. The number of ether oxygens (including phenoxy) is 4. The van der Waals surface area contributed by atoms with Gasteiger partial charge >= 0.3 is 0 Å². The number of methoxy groups -OCH3 is 1. The summed E-state index contributed by atoms with van der Waals surface area (Å²) >= 11 is 14.5. The maximum Gasteiger partial charge on any atom is 0.217 e. The Morgan fingerprint density at radius 2 is 1.78 bits per heavy atom. The zero-order valence-corrected chi connectivity index (χ0v) is 30.7. The minimum absolute atomic E-state index is 0.113. The Morgan fingerprint density at radius 3 is 2.48 bits per heavy atom. The van der Waals surface area contributed by atoms with Crippen LogP contribution >= 0.6 is 35.0 Å². The largest absolute Gasteiger partial charge is 0.491 e. The zero-order chi connectivity index (χ0) is 34.7. The van der Waals surface area contributed by atoms with Gasteiger partial charge in [0.25, 0.3) is 0 Å². The summed E-state index contributed by atoms with van der Waals surface area (Å²) in [5, 5.41) is 6.25. The lowest BCUT2D eigenvalue weighted by Gasteiger charge is -2.37. The van der Waals surface area contributed by atoms with E-state index in [-0.39, 0.29) is 18.1 Å². The molecule has 0 saturated carbocycles. The summed E-state index contributed by atoms with van der Waals surface area (Å²) in [5.41, 5.74) is 4.12. The number of nitrogens with zero attached hydrogens (tertiary/aromatic N) is 7. The summed E-state index contributed by atoms with van der Waals surface area (Å²) in [4.78, 5) is 16.2. The Labute approximate surface area is 307 Å². The number of anilines is 2. The quantitative estimate of drug-likeness (QED) is 0.166. The number of aromatic nitrogens is 3. The van der Waals surface area contributed by atoms with Gasteiger partial charge in [-0.1, -0.05) is 47.1 Å². The average Bonchev–Trinajstić information content (AvgIpc) is 3.89. The number of thioether (sulfide) groups is 1. The molecule has 11 nitrogen and oxygen atoms in total. The van der Waals surface area contributed by atoms with Crippen LogP contribution < -0.4 is 14.5 Å². The summed E-state index contributed by atoms with van der Waals surface area (Å²) in [6.45, 7) is 9.83. The molecule has 0 spiro atoms. The molecule has 264 valence electrons. The monoisotopic (exact) mass is 737 g/mol. The highest BCUT2D eigenvalue weighted by molar-refractivity contribution is 8.14. The lowest BCUT2D eigenvalue weighted by Crippen LogP contribution is -2.46. The van der Waals surface area contributed by atoms with Gasteiger partial charge in [-0.2, -0.15) is 5.10 Å². The van der Waals surface area contributed by atoms with Gasteiger partial charge in [-0.15, -0.1) is 0 Å². The Hall–Kier alpha value is -3.52. The van der Waals surface area contributed by atoms with Gasteiger partial charge in [0.2, 0.25) is 5.79 Å². The fourth-order valence-electron chi connectivity index (χ4n) is 6.42. The first-order chi connectivity index (χ1) is 24.3. The molecule has 3 aliphatic rings. The highest BCUT2D eigenvalue weighted by Gasteiger charge is 2.45. The van der Waals surface area contributed by atoms with E-state index in [0.717, 1.165) is 49.3 Å². The molecule has 7 rings (SSSR count). The van der Waals surface area contributed by atoms with Crippen LogP contribution in [0, 0.1) is 0 Å². The fraction of sp³-hybridized carbons (Fsp3) is 0.417. The van der Waals surface area contributed by atoms with Crippen molar-refractivity contribution < 1.29 is 18.9 Å². The van der Waals surface area contributed by atoms with Crippen molar-refractivity contribution in [1.29, 1.82) is 0 Å². The van der Waals surface area contributed by atoms with E-state index in [1.807, 2.05) is 18.2 Å². The van der Waals surface area contributed by atoms with Crippen LogP contribution in [0.3, 0.4) is 0 Å². The number of halogens is 2. The predicted molar refractivity (Wildman–Crippen MR) is 199 cm³/mol. The van der Waals surface area contributed by atoms with Crippen molar-refractivity contribution in [2.45, 2.75) is 43.8 Å². The van der Waals surface area contributed by atoms with Crippen molar-refractivity contribution >= 4 is 57.2 Å². The van der Waals surface area contributed by atoms with Crippen molar-refractivity contribution in [1.82, 2.24) is 19.7 Å². The van der Waals surface area contributed by atoms with Gasteiger partial charge in [0, 0.05) is 61.3 Å². The average molecular weight is 739 g/mol. The molecule has 14 heteroatoms. The third-order valence-electron chi connectivity index (χ3n) is 9.09.